The van der Waals surface area contributed by atoms with Crippen LogP contribution < -0.4 is 5.32 Å². The molecule has 0 atom stereocenters. The highest BCUT2D eigenvalue weighted by molar-refractivity contribution is 7.15. The van der Waals surface area contributed by atoms with Crippen molar-refractivity contribution < 1.29 is 13.7 Å². The Morgan fingerprint density at radius 1 is 1.31 bits per heavy atom. The lowest BCUT2D eigenvalue weighted by molar-refractivity contribution is -0.116. The average molecular weight is 429 g/mol. The second kappa shape index (κ2) is 8.59. The number of carbonyl (C=O) groups is 1. The van der Waals surface area contributed by atoms with Crippen molar-refractivity contribution in [2.24, 2.45) is 0 Å². The van der Waals surface area contributed by atoms with Crippen molar-refractivity contribution in [3.8, 4) is 11.6 Å². The summed E-state index contributed by atoms with van der Waals surface area (Å²) < 4.78 is 10.4. The van der Waals surface area contributed by atoms with E-state index in [-0.39, 0.29) is 12.3 Å². The molecule has 7 nitrogen and oxygen atoms in total. The van der Waals surface area contributed by atoms with Crippen molar-refractivity contribution >= 4 is 34.0 Å². The fourth-order valence-electron chi connectivity index (χ4n) is 2.66. The maximum Gasteiger partial charge on any atom is 0.238 e. The quantitative estimate of drug-likeness (QED) is 0.449. The number of halogens is 1. The number of carbonyl (C=O) groups excluding carboxylic acids is 1. The third-order valence-corrected chi connectivity index (χ3v) is 5.51. The number of furan rings is 1. The lowest BCUT2D eigenvalue weighted by Crippen LogP contribution is -2.12. The Balaban J connectivity index is 1.29. The van der Waals surface area contributed by atoms with E-state index in [4.69, 9.17) is 20.5 Å². The highest BCUT2D eigenvalue weighted by Crippen LogP contribution is 2.24. The van der Waals surface area contributed by atoms with Crippen LogP contribution in [-0.2, 0) is 17.6 Å². The molecule has 29 heavy (non-hydrogen) atoms. The number of rotatable bonds is 7. The molecule has 0 spiro atoms. The zero-order chi connectivity index (χ0) is 20.2. The fraction of sp³-hybridized carbons (Fsp3) is 0.200. The molecule has 0 fully saturated rings. The van der Waals surface area contributed by atoms with Crippen molar-refractivity contribution in [3.05, 3.63) is 69.7 Å². The summed E-state index contributed by atoms with van der Waals surface area (Å²) in [5.74, 6) is 1.10. The lowest BCUT2D eigenvalue weighted by Gasteiger charge is -2.02. The molecular formula is C20H17ClN4O3S. The molecule has 0 bridgehead atoms. The second-order valence-corrected chi connectivity index (χ2v) is 7.95. The van der Waals surface area contributed by atoms with Crippen LogP contribution in [0.4, 0.5) is 5.13 Å². The molecule has 4 aromatic rings. The van der Waals surface area contributed by atoms with Crippen LogP contribution in [0, 0.1) is 6.92 Å². The summed E-state index contributed by atoms with van der Waals surface area (Å²) in [4.78, 5) is 21.7. The Hall–Kier alpha value is -2.97. The number of anilines is 1. The molecule has 0 aliphatic rings. The summed E-state index contributed by atoms with van der Waals surface area (Å²) in [7, 11) is 0. The smallest absolute Gasteiger partial charge is 0.238 e. The topological polar surface area (TPSA) is 94.1 Å². The maximum absolute atomic E-state index is 12.2. The average Bonchev–Trinajstić information content (AvgIpc) is 3.44. The molecule has 1 N–H and O–H groups in total. The number of thiazole rings is 1. The number of nitrogens with one attached hydrogen (secondary N) is 1. The lowest BCUT2D eigenvalue weighted by atomic mass is 10.1. The van der Waals surface area contributed by atoms with Gasteiger partial charge >= 0.3 is 0 Å². The van der Waals surface area contributed by atoms with Crippen LogP contribution in [-0.4, -0.2) is 21.0 Å². The summed E-state index contributed by atoms with van der Waals surface area (Å²) in [6.07, 6.45) is 4.56. The molecule has 3 aromatic heterocycles. The normalized spacial score (nSPS) is 11.0. The number of aryl methyl sites for hydroxylation is 2. The summed E-state index contributed by atoms with van der Waals surface area (Å²) in [6, 6.07) is 9.48. The van der Waals surface area contributed by atoms with Crippen LogP contribution in [0.2, 0.25) is 5.02 Å². The molecule has 4 rings (SSSR count). The van der Waals surface area contributed by atoms with Crippen LogP contribution in [0.25, 0.3) is 11.6 Å². The molecule has 1 amide bonds. The van der Waals surface area contributed by atoms with Crippen LogP contribution in [0.3, 0.4) is 0 Å². The van der Waals surface area contributed by atoms with Gasteiger partial charge in [-0.05, 0) is 36.2 Å². The predicted octanol–water partition coefficient (Wildman–Crippen LogP) is 4.91. The minimum atomic E-state index is -0.165. The van der Waals surface area contributed by atoms with Crippen molar-refractivity contribution in [1.82, 2.24) is 15.1 Å². The van der Waals surface area contributed by atoms with Gasteiger partial charge in [-0.1, -0.05) is 28.9 Å². The van der Waals surface area contributed by atoms with Gasteiger partial charge in [0.05, 0.1) is 6.26 Å². The molecular weight excluding hydrogens is 412 g/mol. The van der Waals surface area contributed by atoms with Gasteiger partial charge in [0.2, 0.25) is 17.6 Å². The number of hydrogen-bond acceptors (Lipinski definition) is 7. The van der Waals surface area contributed by atoms with Gasteiger partial charge in [-0.2, -0.15) is 4.98 Å². The Labute approximate surface area is 175 Å². The molecule has 0 unspecified atom stereocenters. The summed E-state index contributed by atoms with van der Waals surface area (Å²) in [5, 5.41) is 7.96. The zero-order valence-electron chi connectivity index (χ0n) is 15.5. The van der Waals surface area contributed by atoms with Crippen LogP contribution in [0.5, 0.6) is 0 Å². The maximum atomic E-state index is 12.2. The van der Waals surface area contributed by atoms with E-state index in [1.165, 1.54) is 17.6 Å². The highest BCUT2D eigenvalue weighted by atomic mass is 35.5. The molecule has 1 aromatic carbocycles. The van der Waals surface area contributed by atoms with Gasteiger partial charge in [0.15, 0.2) is 10.9 Å². The van der Waals surface area contributed by atoms with Gasteiger partial charge in [0.25, 0.3) is 0 Å². The van der Waals surface area contributed by atoms with Crippen molar-refractivity contribution in [2.45, 2.75) is 26.2 Å². The molecule has 9 heteroatoms. The van der Waals surface area contributed by atoms with Crippen molar-refractivity contribution in [2.75, 3.05) is 5.32 Å². The summed E-state index contributed by atoms with van der Waals surface area (Å²) >= 11 is 7.62. The van der Waals surface area contributed by atoms with Gasteiger partial charge in [0, 0.05) is 35.4 Å². The Bertz CT molecular complexity index is 1120. The SMILES string of the molecule is Cc1ccc(Cc2cnc(NC(=O)CCc3nc(-c4ccco4)no3)s2)cc1Cl. The number of benzene rings is 1. The third kappa shape index (κ3) is 4.90. The van der Waals surface area contributed by atoms with E-state index < -0.39 is 0 Å². The van der Waals surface area contributed by atoms with E-state index >= 15 is 0 Å². The van der Waals surface area contributed by atoms with Gasteiger partial charge in [0.1, 0.15) is 0 Å². The first-order valence-electron chi connectivity index (χ1n) is 8.93. The van der Waals surface area contributed by atoms with Crippen LogP contribution in [0.1, 0.15) is 28.3 Å². The van der Waals surface area contributed by atoms with E-state index in [1.54, 1.807) is 18.3 Å². The minimum absolute atomic E-state index is 0.165. The minimum Gasteiger partial charge on any atom is -0.461 e. The number of amides is 1. The number of aromatic nitrogens is 3. The molecule has 148 valence electrons. The van der Waals surface area contributed by atoms with Gasteiger partial charge in [-0.3, -0.25) is 4.79 Å². The first kappa shape index (κ1) is 19.4. The number of hydrogen-bond donors (Lipinski definition) is 1. The van der Waals surface area contributed by atoms with E-state index in [0.717, 1.165) is 21.0 Å². The van der Waals surface area contributed by atoms with E-state index in [0.29, 0.717) is 35.4 Å². The van der Waals surface area contributed by atoms with Gasteiger partial charge in [-0.25, -0.2) is 4.98 Å². The first-order valence-corrected chi connectivity index (χ1v) is 10.1. The summed E-state index contributed by atoms with van der Waals surface area (Å²) in [6.45, 7) is 1.97. The first-order chi connectivity index (χ1) is 14.1. The third-order valence-electron chi connectivity index (χ3n) is 4.19. The van der Waals surface area contributed by atoms with Crippen LogP contribution in [0.15, 0.2) is 51.7 Å². The standard InChI is InChI=1S/C20H17ClN4O3S/c1-12-4-5-13(10-15(12)21)9-14-11-22-20(29-14)23-17(26)6-7-18-24-19(25-28-18)16-3-2-8-27-16/h2-5,8,10-11H,6-7,9H2,1H3,(H,22,23,26). The highest BCUT2D eigenvalue weighted by Gasteiger charge is 2.13. The van der Waals surface area contributed by atoms with Gasteiger partial charge < -0.3 is 14.3 Å². The zero-order valence-corrected chi connectivity index (χ0v) is 17.1. The van der Waals surface area contributed by atoms with Gasteiger partial charge in [-0.15, -0.1) is 11.3 Å². The molecule has 0 aliphatic carbocycles. The molecule has 3 heterocycles. The second-order valence-electron chi connectivity index (χ2n) is 6.43. The molecule has 0 radical (unpaired) electrons. The van der Waals surface area contributed by atoms with Crippen molar-refractivity contribution in [1.29, 1.82) is 0 Å². The fourth-order valence-corrected chi connectivity index (χ4v) is 3.73. The van der Waals surface area contributed by atoms with Crippen LogP contribution >= 0.6 is 22.9 Å². The largest absolute Gasteiger partial charge is 0.461 e. The van der Waals surface area contributed by atoms with Crippen molar-refractivity contribution in [3.63, 3.8) is 0 Å². The van der Waals surface area contributed by atoms with E-state index in [1.807, 2.05) is 25.1 Å². The Kier molecular flexibility index (Phi) is 5.73. The number of nitrogens with zero attached hydrogens (tertiary/aromatic N) is 3. The van der Waals surface area contributed by atoms with E-state index in [2.05, 4.69) is 20.4 Å². The monoisotopic (exact) mass is 428 g/mol. The predicted molar refractivity (Wildman–Crippen MR) is 110 cm³/mol. The molecule has 0 aliphatic heterocycles. The summed E-state index contributed by atoms with van der Waals surface area (Å²) in [5.41, 5.74) is 2.15. The molecule has 0 saturated carbocycles. The Morgan fingerprint density at radius 2 is 2.21 bits per heavy atom. The molecule has 0 saturated heterocycles. The van der Waals surface area contributed by atoms with E-state index in [9.17, 15) is 4.79 Å². The Morgan fingerprint density at radius 3 is 3.00 bits per heavy atom.